The van der Waals surface area contributed by atoms with E-state index in [9.17, 15) is 10.1 Å². The summed E-state index contributed by atoms with van der Waals surface area (Å²) in [5.74, 6) is 0.749. The predicted octanol–water partition coefficient (Wildman–Crippen LogP) is 4.13. The average Bonchev–Trinajstić information content (AvgIpc) is 3.21. The van der Waals surface area contributed by atoms with Gasteiger partial charge in [0.15, 0.2) is 0 Å². The van der Waals surface area contributed by atoms with Crippen LogP contribution in [0.4, 0.5) is 11.4 Å². The smallest absolute Gasteiger partial charge is 0.293 e. The standard InChI is InChI=1S/C13H16Cl2N2O3/c14-10-6-12(13(17(18)19)7-11(10)15)16-4-1-5-20-8-9-2-3-9/h6-7,9,16H,1-5,8H2. The number of nitrogens with zero attached hydrogens (tertiary/aromatic N) is 1. The summed E-state index contributed by atoms with van der Waals surface area (Å²) in [7, 11) is 0. The fourth-order valence-corrected chi connectivity index (χ4v) is 2.08. The number of halogens is 2. The second kappa shape index (κ2) is 7.11. The van der Waals surface area contributed by atoms with Crippen LogP contribution in [0.3, 0.4) is 0 Å². The Bertz CT molecular complexity index is 493. The Morgan fingerprint density at radius 3 is 2.70 bits per heavy atom. The number of nitro benzene ring substituents is 1. The van der Waals surface area contributed by atoms with E-state index in [1.54, 1.807) is 0 Å². The molecule has 0 spiro atoms. The minimum absolute atomic E-state index is 0.0710. The van der Waals surface area contributed by atoms with Gasteiger partial charge < -0.3 is 10.1 Å². The highest BCUT2D eigenvalue weighted by Gasteiger charge is 2.21. The lowest BCUT2D eigenvalue weighted by atomic mass is 10.2. The maximum atomic E-state index is 10.9. The van der Waals surface area contributed by atoms with E-state index in [4.69, 9.17) is 27.9 Å². The lowest BCUT2D eigenvalue weighted by Crippen LogP contribution is -2.08. The number of rotatable bonds is 8. The minimum atomic E-state index is -0.478. The molecule has 1 aromatic rings. The Morgan fingerprint density at radius 1 is 1.35 bits per heavy atom. The van der Waals surface area contributed by atoms with Gasteiger partial charge in [0.25, 0.3) is 5.69 Å². The Kier molecular flexibility index (Phi) is 5.46. The Hall–Kier alpha value is -1.04. The van der Waals surface area contributed by atoms with Gasteiger partial charge in [0.05, 0.1) is 15.0 Å². The van der Waals surface area contributed by atoms with Crippen molar-refractivity contribution in [2.75, 3.05) is 25.1 Å². The van der Waals surface area contributed by atoms with Crippen LogP contribution in [0.15, 0.2) is 12.1 Å². The third kappa shape index (κ3) is 4.51. The molecule has 0 amide bonds. The Morgan fingerprint density at radius 2 is 2.05 bits per heavy atom. The lowest BCUT2D eigenvalue weighted by Gasteiger charge is -2.08. The van der Waals surface area contributed by atoms with Crippen LogP contribution < -0.4 is 5.32 Å². The highest BCUT2D eigenvalue weighted by Crippen LogP contribution is 2.34. The van der Waals surface area contributed by atoms with Gasteiger partial charge in [-0.15, -0.1) is 0 Å². The molecule has 1 saturated carbocycles. The zero-order valence-corrected chi connectivity index (χ0v) is 12.4. The third-order valence-corrected chi connectivity index (χ3v) is 3.79. The molecule has 1 aliphatic rings. The van der Waals surface area contributed by atoms with Crippen molar-refractivity contribution in [3.8, 4) is 0 Å². The van der Waals surface area contributed by atoms with Crippen LogP contribution in [0.5, 0.6) is 0 Å². The summed E-state index contributed by atoms with van der Waals surface area (Å²) in [6.07, 6.45) is 3.32. The van der Waals surface area contributed by atoms with E-state index >= 15 is 0 Å². The molecule has 0 heterocycles. The number of hydrogen-bond donors (Lipinski definition) is 1. The van der Waals surface area contributed by atoms with Gasteiger partial charge in [-0.05, 0) is 31.2 Å². The summed E-state index contributed by atoms with van der Waals surface area (Å²) < 4.78 is 5.49. The van der Waals surface area contributed by atoms with Gasteiger partial charge in [0.2, 0.25) is 0 Å². The molecule has 2 rings (SSSR count). The molecule has 1 aliphatic carbocycles. The van der Waals surface area contributed by atoms with Gasteiger partial charge in [-0.3, -0.25) is 10.1 Å². The molecule has 1 aromatic carbocycles. The van der Waals surface area contributed by atoms with Gasteiger partial charge >= 0.3 is 0 Å². The normalized spacial score (nSPS) is 14.3. The van der Waals surface area contributed by atoms with E-state index in [-0.39, 0.29) is 10.7 Å². The molecule has 0 aromatic heterocycles. The van der Waals surface area contributed by atoms with E-state index in [2.05, 4.69) is 5.32 Å². The zero-order valence-electron chi connectivity index (χ0n) is 10.9. The highest BCUT2D eigenvalue weighted by atomic mass is 35.5. The first-order chi connectivity index (χ1) is 9.58. The van der Waals surface area contributed by atoms with Crippen LogP contribution in [-0.4, -0.2) is 24.7 Å². The molecule has 5 nitrogen and oxygen atoms in total. The second-order valence-corrected chi connectivity index (χ2v) is 5.65. The summed E-state index contributed by atoms with van der Waals surface area (Å²) >= 11 is 11.7. The monoisotopic (exact) mass is 318 g/mol. The van der Waals surface area contributed by atoms with Crippen molar-refractivity contribution in [2.24, 2.45) is 5.92 Å². The molecule has 0 saturated heterocycles. The van der Waals surface area contributed by atoms with Gasteiger partial charge in [0.1, 0.15) is 5.69 Å². The number of nitrogens with one attached hydrogen (secondary N) is 1. The quantitative estimate of drug-likeness (QED) is 0.444. The summed E-state index contributed by atoms with van der Waals surface area (Å²) in [6, 6.07) is 2.74. The largest absolute Gasteiger partial charge is 0.381 e. The van der Waals surface area contributed by atoms with E-state index < -0.39 is 4.92 Å². The van der Waals surface area contributed by atoms with E-state index in [0.29, 0.717) is 23.9 Å². The van der Waals surface area contributed by atoms with Crippen molar-refractivity contribution in [2.45, 2.75) is 19.3 Å². The topological polar surface area (TPSA) is 64.4 Å². The molecule has 1 N–H and O–H groups in total. The lowest BCUT2D eigenvalue weighted by molar-refractivity contribution is -0.383. The summed E-state index contributed by atoms with van der Waals surface area (Å²) in [5, 5.41) is 14.4. The maximum absolute atomic E-state index is 10.9. The van der Waals surface area contributed by atoms with Crippen LogP contribution in [0.1, 0.15) is 19.3 Å². The first-order valence-electron chi connectivity index (χ1n) is 6.53. The molecule has 0 bridgehead atoms. The van der Waals surface area contributed by atoms with Gasteiger partial charge in [-0.2, -0.15) is 0 Å². The van der Waals surface area contributed by atoms with Crippen LogP contribution in [0.2, 0.25) is 10.0 Å². The Labute approximate surface area is 127 Å². The molecule has 7 heteroatoms. The summed E-state index contributed by atoms with van der Waals surface area (Å²) in [4.78, 5) is 10.5. The molecule has 0 radical (unpaired) electrons. The SMILES string of the molecule is O=[N+]([O-])c1cc(Cl)c(Cl)cc1NCCCOCC1CC1. The zero-order chi connectivity index (χ0) is 14.5. The van der Waals surface area contributed by atoms with Crippen molar-refractivity contribution in [1.82, 2.24) is 0 Å². The van der Waals surface area contributed by atoms with Crippen molar-refractivity contribution in [3.05, 3.63) is 32.3 Å². The first kappa shape index (κ1) is 15.4. The fourth-order valence-electron chi connectivity index (χ4n) is 1.76. The molecule has 0 atom stereocenters. The van der Waals surface area contributed by atoms with E-state index in [1.807, 2.05) is 0 Å². The number of anilines is 1. The van der Waals surface area contributed by atoms with E-state index in [0.717, 1.165) is 18.9 Å². The molecular weight excluding hydrogens is 303 g/mol. The molecular formula is C13H16Cl2N2O3. The first-order valence-corrected chi connectivity index (χ1v) is 7.28. The summed E-state index contributed by atoms with van der Waals surface area (Å²) in [5.41, 5.74) is 0.310. The van der Waals surface area contributed by atoms with Crippen LogP contribution >= 0.6 is 23.2 Å². The number of nitro groups is 1. The number of benzene rings is 1. The summed E-state index contributed by atoms with van der Waals surface area (Å²) in [6.45, 7) is 2.06. The van der Waals surface area contributed by atoms with Crippen LogP contribution in [0.25, 0.3) is 0 Å². The van der Waals surface area contributed by atoms with Gasteiger partial charge in [0, 0.05) is 25.8 Å². The average molecular weight is 319 g/mol. The molecule has 110 valence electrons. The van der Waals surface area contributed by atoms with Crippen molar-refractivity contribution in [1.29, 1.82) is 0 Å². The van der Waals surface area contributed by atoms with E-state index in [1.165, 1.54) is 25.0 Å². The second-order valence-electron chi connectivity index (χ2n) is 4.84. The van der Waals surface area contributed by atoms with Gasteiger partial charge in [-0.1, -0.05) is 23.2 Å². The predicted molar refractivity (Wildman–Crippen MR) is 79.8 cm³/mol. The van der Waals surface area contributed by atoms with Gasteiger partial charge in [-0.25, -0.2) is 0 Å². The third-order valence-electron chi connectivity index (χ3n) is 3.07. The Balaban J connectivity index is 1.81. The van der Waals surface area contributed by atoms with Crippen LogP contribution in [-0.2, 0) is 4.74 Å². The minimum Gasteiger partial charge on any atom is -0.381 e. The molecule has 1 fully saturated rings. The fraction of sp³-hybridized carbons (Fsp3) is 0.538. The van der Waals surface area contributed by atoms with Crippen molar-refractivity contribution >= 4 is 34.6 Å². The maximum Gasteiger partial charge on any atom is 0.293 e. The van der Waals surface area contributed by atoms with Crippen molar-refractivity contribution < 1.29 is 9.66 Å². The molecule has 20 heavy (non-hydrogen) atoms. The van der Waals surface area contributed by atoms with Crippen molar-refractivity contribution in [3.63, 3.8) is 0 Å². The number of hydrogen-bond acceptors (Lipinski definition) is 4. The van der Waals surface area contributed by atoms with Crippen LogP contribution in [0, 0.1) is 16.0 Å². The number of ether oxygens (including phenoxy) is 1. The molecule has 0 unspecified atom stereocenters. The highest BCUT2D eigenvalue weighted by molar-refractivity contribution is 6.42. The molecule has 0 aliphatic heterocycles.